The third-order valence-corrected chi connectivity index (χ3v) is 3.82. The van der Waals surface area contributed by atoms with Crippen LogP contribution in [-0.4, -0.2) is 35.8 Å². The van der Waals surface area contributed by atoms with E-state index in [2.05, 4.69) is 5.32 Å². The number of benzene rings is 2. The van der Waals surface area contributed by atoms with Gasteiger partial charge in [-0.25, -0.2) is 0 Å². The molecule has 0 spiro atoms. The molecule has 26 heavy (non-hydrogen) atoms. The molecule has 0 aliphatic carbocycles. The highest BCUT2D eigenvalue weighted by Crippen LogP contribution is 2.16. The number of carbonyl (C=O) groups excluding carboxylic acids is 3. The SMILES string of the molecule is CCN(CC)C(=O)c1ccc(NC(=O)c2ccc(OC(C)=O)cc2)cc1. The van der Waals surface area contributed by atoms with Gasteiger partial charge in [0.05, 0.1) is 0 Å². The van der Waals surface area contributed by atoms with E-state index in [1.165, 1.54) is 6.92 Å². The van der Waals surface area contributed by atoms with Gasteiger partial charge in [0.15, 0.2) is 0 Å². The van der Waals surface area contributed by atoms with E-state index in [-0.39, 0.29) is 11.8 Å². The van der Waals surface area contributed by atoms with Gasteiger partial charge in [-0.2, -0.15) is 0 Å². The molecule has 6 heteroatoms. The Morgan fingerprint density at radius 1 is 0.885 bits per heavy atom. The zero-order valence-electron chi connectivity index (χ0n) is 15.1. The van der Waals surface area contributed by atoms with Gasteiger partial charge in [0, 0.05) is 36.8 Å². The number of esters is 1. The molecule has 6 nitrogen and oxygen atoms in total. The Morgan fingerprint density at radius 3 is 1.92 bits per heavy atom. The summed E-state index contributed by atoms with van der Waals surface area (Å²) in [6.07, 6.45) is 0. The first-order chi connectivity index (χ1) is 12.4. The lowest BCUT2D eigenvalue weighted by Gasteiger charge is -2.18. The van der Waals surface area contributed by atoms with Crippen molar-refractivity contribution in [2.24, 2.45) is 0 Å². The van der Waals surface area contributed by atoms with Crippen LogP contribution in [0.1, 0.15) is 41.5 Å². The summed E-state index contributed by atoms with van der Waals surface area (Å²) in [6, 6.07) is 13.0. The van der Waals surface area contributed by atoms with Crippen LogP contribution in [0.15, 0.2) is 48.5 Å². The number of anilines is 1. The second kappa shape index (κ2) is 8.80. The van der Waals surface area contributed by atoms with Gasteiger partial charge in [0.2, 0.25) is 0 Å². The van der Waals surface area contributed by atoms with Crippen LogP contribution in [0.4, 0.5) is 5.69 Å². The van der Waals surface area contributed by atoms with Crippen molar-refractivity contribution >= 4 is 23.5 Å². The molecule has 0 saturated carbocycles. The third-order valence-electron chi connectivity index (χ3n) is 3.82. The van der Waals surface area contributed by atoms with Gasteiger partial charge < -0.3 is 15.0 Å². The molecule has 0 atom stereocenters. The average molecular weight is 354 g/mol. The highest BCUT2D eigenvalue weighted by atomic mass is 16.5. The molecule has 1 N–H and O–H groups in total. The van der Waals surface area contributed by atoms with Crippen molar-refractivity contribution in [3.63, 3.8) is 0 Å². The third kappa shape index (κ3) is 4.92. The van der Waals surface area contributed by atoms with Crippen LogP contribution >= 0.6 is 0 Å². The summed E-state index contributed by atoms with van der Waals surface area (Å²) in [7, 11) is 0. The van der Waals surface area contributed by atoms with Crippen LogP contribution in [0.25, 0.3) is 0 Å². The van der Waals surface area contributed by atoms with Crippen LogP contribution in [0.5, 0.6) is 5.75 Å². The fourth-order valence-corrected chi connectivity index (χ4v) is 2.43. The van der Waals surface area contributed by atoms with E-state index >= 15 is 0 Å². The van der Waals surface area contributed by atoms with Gasteiger partial charge in [-0.05, 0) is 62.4 Å². The molecule has 0 radical (unpaired) electrons. The summed E-state index contributed by atoms with van der Waals surface area (Å²) >= 11 is 0. The van der Waals surface area contributed by atoms with Crippen LogP contribution < -0.4 is 10.1 Å². The number of hydrogen-bond donors (Lipinski definition) is 1. The number of carbonyl (C=O) groups is 3. The van der Waals surface area contributed by atoms with E-state index < -0.39 is 5.97 Å². The topological polar surface area (TPSA) is 75.7 Å². The largest absolute Gasteiger partial charge is 0.427 e. The Morgan fingerprint density at radius 2 is 1.42 bits per heavy atom. The van der Waals surface area contributed by atoms with E-state index in [0.717, 1.165) is 0 Å². The normalized spacial score (nSPS) is 10.1. The minimum Gasteiger partial charge on any atom is -0.427 e. The first-order valence-corrected chi connectivity index (χ1v) is 8.43. The number of hydrogen-bond acceptors (Lipinski definition) is 4. The lowest BCUT2D eigenvalue weighted by atomic mass is 10.1. The summed E-state index contributed by atoms with van der Waals surface area (Å²) in [5.41, 5.74) is 1.61. The molecule has 2 aromatic carbocycles. The second-order valence-electron chi connectivity index (χ2n) is 5.63. The van der Waals surface area contributed by atoms with Crippen molar-refractivity contribution in [3.05, 3.63) is 59.7 Å². The maximum Gasteiger partial charge on any atom is 0.308 e. The number of nitrogens with one attached hydrogen (secondary N) is 1. The molecule has 0 fully saturated rings. The van der Waals surface area contributed by atoms with Gasteiger partial charge in [-0.1, -0.05) is 0 Å². The Bertz CT molecular complexity index is 778. The van der Waals surface area contributed by atoms with Crippen molar-refractivity contribution in [2.45, 2.75) is 20.8 Å². The molecule has 0 bridgehead atoms. The van der Waals surface area contributed by atoms with E-state index in [4.69, 9.17) is 4.74 Å². The second-order valence-corrected chi connectivity index (χ2v) is 5.63. The summed E-state index contributed by atoms with van der Waals surface area (Å²) in [5.74, 6) is -0.356. The van der Waals surface area contributed by atoms with Gasteiger partial charge in [-0.3, -0.25) is 14.4 Å². The standard InChI is InChI=1S/C20H22N2O4/c1-4-22(5-2)20(25)16-6-10-17(11-7-16)21-19(24)15-8-12-18(13-9-15)26-14(3)23/h6-13H,4-5H2,1-3H3,(H,21,24). The highest BCUT2D eigenvalue weighted by Gasteiger charge is 2.12. The Kier molecular flexibility index (Phi) is 6.49. The molecule has 0 aliphatic rings. The molecule has 2 rings (SSSR count). The van der Waals surface area contributed by atoms with Crippen LogP contribution in [-0.2, 0) is 4.79 Å². The quantitative estimate of drug-likeness (QED) is 0.638. The van der Waals surface area contributed by atoms with Crippen LogP contribution in [0.2, 0.25) is 0 Å². The molecular formula is C20H22N2O4. The predicted octanol–water partition coefficient (Wildman–Crippen LogP) is 3.35. The van der Waals surface area contributed by atoms with Gasteiger partial charge in [0.1, 0.15) is 5.75 Å². The molecule has 0 aliphatic heterocycles. The van der Waals surface area contributed by atoms with E-state index in [9.17, 15) is 14.4 Å². The van der Waals surface area contributed by atoms with Gasteiger partial charge in [-0.15, -0.1) is 0 Å². The first-order valence-electron chi connectivity index (χ1n) is 8.43. The summed E-state index contributed by atoms with van der Waals surface area (Å²) in [5, 5.41) is 2.77. The molecule has 136 valence electrons. The number of amides is 2. The smallest absolute Gasteiger partial charge is 0.308 e. The Hall–Kier alpha value is -3.15. The average Bonchev–Trinajstić information content (AvgIpc) is 2.63. The monoisotopic (exact) mass is 354 g/mol. The highest BCUT2D eigenvalue weighted by molar-refractivity contribution is 6.04. The van der Waals surface area contributed by atoms with E-state index in [1.807, 2.05) is 13.8 Å². The van der Waals surface area contributed by atoms with Gasteiger partial charge in [0.25, 0.3) is 11.8 Å². The Labute approximate surface area is 152 Å². The maximum atomic E-state index is 12.3. The van der Waals surface area contributed by atoms with E-state index in [1.54, 1.807) is 53.4 Å². The van der Waals surface area contributed by atoms with Crippen molar-refractivity contribution in [2.75, 3.05) is 18.4 Å². The number of ether oxygens (including phenoxy) is 1. The number of nitrogens with zero attached hydrogens (tertiary/aromatic N) is 1. The van der Waals surface area contributed by atoms with Gasteiger partial charge >= 0.3 is 5.97 Å². The molecule has 0 unspecified atom stereocenters. The molecule has 0 heterocycles. The van der Waals surface area contributed by atoms with Crippen molar-refractivity contribution in [1.82, 2.24) is 4.90 Å². The van der Waals surface area contributed by atoms with E-state index in [0.29, 0.717) is 35.7 Å². The zero-order chi connectivity index (χ0) is 19.1. The molecule has 0 saturated heterocycles. The molecule has 2 amide bonds. The summed E-state index contributed by atoms with van der Waals surface area (Å²) in [4.78, 5) is 37.2. The summed E-state index contributed by atoms with van der Waals surface area (Å²) < 4.78 is 4.93. The van der Waals surface area contributed by atoms with Crippen LogP contribution in [0.3, 0.4) is 0 Å². The first kappa shape index (κ1) is 19.2. The van der Waals surface area contributed by atoms with Crippen LogP contribution in [0, 0.1) is 0 Å². The minimum atomic E-state index is -0.415. The predicted molar refractivity (Wildman–Crippen MR) is 99.4 cm³/mol. The van der Waals surface area contributed by atoms with Crippen molar-refractivity contribution in [1.29, 1.82) is 0 Å². The lowest BCUT2D eigenvalue weighted by Crippen LogP contribution is -2.30. The maximum absolute atomic E-state index is 12.3. The number of rotatable bonds is 6. The minimum absolute atomic E-state index is 0.0334. The lowest BCUT2D eigenvalue weighted by molar-refractivity contribution is -0.131. The fraction of sp³-hybridized carbons (Fsp3) is 0.250. The zero-order valence-corrected chi connectivity index (χ0v) is 15.1. The molecular weight excluding hydrogens is 332 g/mol. The van der Waals surface area contributed by atoms with Crippen molar-refractivity contribution in [3.8, 4) is 5.75 Å². The van der Waals surface area contributed by atoms with Crippen molar-refractivity contribution < 1.29 is 19.1 Å². The molecule has 0 aromatic heterocycles. The summed E-state index contributed by atoms with van der Waals surface area (Å²) in [6.45, 7) is 6.48. The fourth-order valence-electron chi connectivity index (χ4n) is 2.43. The molecule has 2 aromatic rings. The Balaban J connectivity index is 2.03.